The number of aryl methyl sites for hydroxylation is 1. The van der Waals surface area contributed by atoms with E-state index in [1.54, 1.807) is 24.8 Å². The van der Waals surface area contributed by atoms with Gasteiger partial charge in [-0.25, -0.2) is 19.2 Å². The van der Waals surface area contributed by atoms with Gasteiger partial charge in [-0.3, -0.25) is 0 Å². The number of rotatable bonds is 3. The number of H-pyrrole nitrogens is 1. The molecular weight excluding hydrogens is 376 g/mol. The van der Waals surface area contributed by atoms with E-state index in [1.165, 1.54) is 0 Å². The number of hydrogen-bond donors (Lipinski definition) is 1. The molecule has 28 heavy (non-hydrogen) atoms. The van der Waals surface area contributed by atoms with Gasteiger partial charge in [0.05, 0.1) is 19.3 Å². The Bertz CT molecular complexity index is 1140. The van der Waals surface area contributed by atoms with Crippen molar-refractivity contribution in [2.24, 2.45) is 4.36 Å². The van der Waals surface area contributed by atoms with Crippen LogP contribution in [0.1, 0.15) is 12.6 Å². The molecule has 0 saturated carbocycles. The van der Waals surface area contributed by atoms with Crippen LogP contribution < -0.4 is 4.90 Å². The summed E-state index contributed by atoms with van der Waals surface area (Å²) in [5, 5.41) is 0.951. The highest BCUT2D eigenvalue weighted by molar-refractivity contribution is 7.92. The standard InChI is InChI=1S/C19H24N6O2S/c1-12-9-15-14(5-6-20-18(15)21-12)19-22-16(24-28(3,4)26)10-17(23-19)25-7-8-27-11-13(25)2/h5-6,9-10,13H,7-8,11H2,1-4H3,(H,20,21)/t13-/m1/s1. The van der Waals surface area contributed by atoms with Gasteiger partial charge >= 0.3 is 0 Å². The SMILES string of the molecule is Cc1cc2c(-c3nc(N=S(C)(C)=O)cc(N4CCOC[C@H]4C)n3)ccnc2[nH]1. The van der Waals surface area contributed by atoms with Gasteiger partial charge in [-0.1, -0.05) is 0 Å². The minimum atomic E-state index is -2.35. The summed E-state index contributed by atoms with van der Waals surface area (Å²) in [5.74, 6) is 1.73. The molecule has 0 aromatic carbocycles. The molecule has 0 amide bonds. The summed E-state index contributed by atoms with van der Waals surface area (Å²) < 4.78 is 22.2. The zero-order chi connectivity index (χ0) is 19.9. The third-order valence-corrected chi connectivity index (χ3v) is 5.21. The van der Waals surface area contributed by atoms with Crippen molar-refractivity contribution >= 4 is 32.4 Å². The fourth-order valence-electron chi connectivity index (χ4n) is 3.38. The molecule has 8 nitrogen and oxygen atoms in total. The van der Waals surface area contributed by atoms with E-state index in [1.807, 2.05) is 19.1 Å². The smallest absolute Gasteiger partial charge is 0.167 e. The lowest BCUT2D eigenvalue weighted by Gasteiger charge is -2.34. The molecule has 0 spiro atoms. The third-order valence-electron chi connectivity index (χ3n) is 4.58. The lowest BCUT2D eigenvalue weighted by Crippen LogP contribution is -2.44. The predicted octanol–water partition coefficient (Wildman–Crippen LogP) is 2.91. The zero-order valence-corrected chi connectivity index (χ0v) is 17.3. The molecule has 0 aliphatic carbocycles. The van der Waals surface area contributed by atoms with E-state index < -0.39 is 9.73 Å². The van der Waals surface area contributed by atoms with Crippen LogP contribution in [0.2, 0.25) is 0 Å². The Balaban J connectivity index is 1.92. The molecule has 1 fully saturated rings. The molecule has 0 bridgehead atoms. The van der Waals surface area contributed by atoms with Crippen molar-refractivity contribution in [2.75, 3.05) is 37.2 Å². The highest BCUT2D eigenvalue weighted by atomic mass is 32.2. The highest BCUT2D eigenvalue weighted by Crippen LogP contribution is 2.30. The van der Waals surface area contributed by atoms with Gasteiger partial charge < -0.3 is 14.6 Å². The maximum atomic E-state index is 12.3. The number of aromatic amines is 1. The number of fused-ring (bicyclic) bond motifs is 1. The molecule has 0 radical (unpaired) electrons. The van der Waals surface area contributed by atoms with Gasteiger partial charge in [0.15, 0.2) is 11.6 Å². The van der Waals surface area contributed by atoms with E-state index in [4.69, 9.17) is 9.72 Å². The quantitative estimate of drug-likeness (QED) is 0.726. The molecule has 1 atom stereocenters. The van der Waals surface area contributed by atoms with Crippen molar-refractivity contribution in [3.63, 3.8) is 0 Å². The summed E-state index contributed by atoms with van der Waals surface area (Å²) in [6, 6.07) is 5.92. The summed E-state index contributed by atoms with van der Waals surface area (Å²) in [4.78, 5) is 19.3. The van der Waals surface area contributed by atoms with Gasteiger partial charge in [0.1, 0.15) is 11.5 Å². The minimum Gasteiger partial charge on any atom is -0.377 e. The van der Waals surface area contributed by atoms with Crippen LogP contribution in [0.5, 0.6) is 0 Å². The fraction of sp³-hybridized carbons (Fsp3) is 0.421. The van der Waals surface area contributed by atoms with Crippen LogP contribution in [0.25, 0.3) is 22.4 Å². The summed E-state index contributed by atoms with van der Waals surface area (Å²) >= 11 is 0. The van der Waals surface area contributed by atoms with Gasteiger partial charge in [0, 0.05) is 57.7 Å². The van der Waals surface area contributed by atoms with Gasteiger partial charge in [-0.15, -0.1) is 0 Å². The number of morpholine rings is 1. The Labute approximate surface area is 164 Å². The molecule has 4 rings (SSSR count). The van der Waals surface area contributed by atoms with Gasteiger partial charge in [-0.2, -0.15) is 4.36 Å². The van der Waals surface area contributed by atoms with Crippen molar-refractivity contribution in [2.45, 2.75) is 19.9 Å². The van der Waals surface area contributed by atoms with Gasteiger partial charge in [-0.05, 0) is 26.0 Å². The van der Waals surface area contributed by atoms with Crippen LogP contribution >= 0.6 is 0 Å². The van der Waals surface area contributed by atoms with E-state index >= 15 is 0 Å². The monoisotopic (exact) mass is 400 g/mol. The first-order valence-corrected chi connectivity index (χ1v) is 11.5. The van der Waals surface area contributed by atoms with E-state index in [2.05, 4.69) is 31.1 Å². The molecule has 1 saturated heterocycles. The summed E-state index contributed by atoms with van der Waals surface area (Å²) in [6.07, 6.45) is 4.94. The number of aromatic nitrogens is 4. The largest absolute Gasteiger partial charge is 0.377 e. The maximum Gasteiger partial charge on any atom is 0.167 e. The fourth-order valence-corrected chi connectivity index (χ4v) is 3.93. The Kier molecular flexibility index (Phi) is 4.80. The predicted molar refractivity (Wildman–Crippen MR) is 112 cm³/mol. The summed E-state index contributed by atoms with van der Waals surface area (Å²) in [5.41, 5.74) is 2.67. The molecule has 0 unspecified atom stereocenters. The first-order valence-electron chi connectivity index (χ1n) is 9.15. The zero-order valence-electron chi connectivity index (χ0n) is 16.5. The van der Waals surface area contributed by atoms with E-state index in [9.17, 15) is 4.21 Å². The number of nitrogens with one attached hydrogen (secondary N) is 1. The Morgan fingerprint density at radius 3 is 2.89 bits per heavy atom. The normalized spacial score (nSPS) is 17.9. The lowest BCUT2D eigenvalue weighted by molar-refractivity contribution is 0.0985. The highest BCUT2D eigenvalue weighted by Gasteiger charge is 2.22. The molecule has 3 aromatic rings. The topological polar surface area (TPSA) is 96.4 Å². The molecule has 3 aromatic heterocycles. The average molecular weight is 401 g/mol. The molecule has 1 aliphatic rings. The van der Waals surface area contributed by atoms with Crippen LogP contribution in [0.4, 0.5) is 11.6 Å². The first kappa shape index (κ1) is 18.8. The second kappa shape index (κ2) is 7.14. The van der Waals surface area contributed by atoms with Crippen molar-refractivity contribution in [3.8, 4) is 11.4 Å². The Hall–Kier alpha value is -2.52. The number of hydrogen-bond acceptors (Lipinski definition) is 7. The van der Waals surface area contributed by atoms with E-state index in [0.29, 0.717) is 24.9 Å². The van der Waals surface area contributed by atoms with E-state index in [0.717, 1.165) is 34.7 Å². The molecule has 1 aliphatic heterocycles. The Morgan fingerprint density at radius 2 is 2.14 bits per heavy atom. The molecule has 9 heteroatoms. The molecule has 148 valence electrons. The number of anilines is 1. The summed E-state index contributed by atoms with van der Waals surface area (Å²) in [7, 11) is -2.35. The number of ether oxygens (including phenoxy) is 1. The van der Waals surface area contributed by atoms with Crippen LogP contribution in [-0.4, -0.2) is 62.5 Å². The Morgan fingerprint density at radius 1 is 1.32 bits per heavy atom. The first-order chi connectivity index (χ1) is 13.3. The second-order valence-electron chi connectivity index (χ2n) is 7.37. The van der Waals surface area contributed by atoms with Gasteiger partial charge in [0.2, 0.25) is 0 Å². The van der Waals surface area contributed by atoms with Crippen molar-refractivity contribution < 1.29 is 8.95 Å². The van der Waals surface area contributed by atoms with Gasteiger partial charge in [0.25, 0.3) is 0 Å². The minimum absolute atomic E-state index is 0.184. The van der Waals surface area contributed by atoms with Crippen LogP contribution in [0, 0.1) is 6.92 Å². The average Bonchev–Trinajstić information content (AvgIpc) is 3.00. The number of pyridine rings is 1. The van der Waals surface area contributed by atoms with Crippen LogP contribution in [0.3, 0.4) is 0 Å². The van der Waals surface area contributed by atoms with Crippen molar-refractivity contribution in [3.05, 3.63) is 30.1 Å². The second-order valence-corrected chi connectivity index (χ2v) is 9.92. The molecule has 4 heterocycles. The van der Waals surface area contributed by atoms with E-state index in [-0.39, 0.29) is 6.04 Å². The summed E-state index contributed by atoms with van der Waals surface area (Å²) in [6.45, 7) is 6.11. The van der Waals surface area contributed by atoms with Crippen LogP contribution in [0.15, 0.2) is 28.8 Å². The number of nitrogens with zero attached hydrogens (tertiary/aromatic N) is 5. The third kappa shape index (κ3) is 3.85. The van der Waals surface area contributed by atoms with Crippen LogP contribution in [-0.2, 0) is 14.5 Å². The molecular formula is C19H24N6O2S. The molecule has 1 N–H and O–H groups in total. The lowest BCUT2D eigenvalue weighted by atomic mass is 10.1. The van der Waals surface area contributed by atoms with Crippen molar-refractivity contribution in [1.82, 2.24) is 19.9 Å². The maximum absolute atomic E-state index is 12.3. The van der Waals surface area contributed by atoms with Crippen molar-refractivity contribution in [1.29, 1.82) is 0 Å².